The van der Waals surface area contributed by atoms with E-state index in [1.165, 1.54) is 31.5 Å². The van der Waals surface area contributed by atoms with Gasteiger partial charge in [0.2, 0.25) is 0 Å². The number of benzene rings is 1. The quantitative estimate of drug-likeness (QED) is 0.708. The lowest BCUT2D eigenvalue weighted by molar-refractivity contribution is -0.0122. The van der Waals surface area contributed by atoms with E-state index in [4.69, 9.17) is 9.47 Å². The summed E-state index contributed by atoms with van der Waals surface area (Å²) < 4.78 is 11.8. The molecule has 1 aromatic rings. The molecule has 4 rings (SSSR count). The van der Waals surface area contributed by atoms with Crippen LogP contribution < -0.4 is 4.74 Å². The molecule has 0 bridgehead atoms. The van der Waals surface area contributed by atoms with Gasteiger partial charge in [0.1, 0.15) is 11.4 Å². The largest absolute Gasteiger partial charge is 0.493 e. The average molecular weight is 430 g/mol. The van der Waals surface area contributed by atoms with Gasteiger partial charge in [-0.1, -0.05) is 12.1 Å². The first-order valence-electron chi connectivity index (χ1n) is 12.0. The number of fused-ring (bicyclic) bond motifs is 1. The van der Waals surface area contributed by atoms with Gasteiger partial charge in [-0.25, -0.2) is 4.79 Å². The highest BCUT2D eigenvalue weighted by molar-refractivity contribution is 5.68. The van der Waals surface area contributed by atoms with Crippen LogP contribution in [0.2, 0.25) is 0 Å². The summed E-state index contributed by atoms with van der Waals surface area (Å²) in [6, 6.07) is 9.07. The zero-order chi connectivity index (χ0) is 21.8. The summed E-state index contributed by atoms with van der Waals surface area (Å²) in [4.78, 5) is 19.4. The molecule has 0 spiro atoms. The summed E-state index contributed by atoms with van der Waals surface area (Å²) in [5, 5.41) is 0. The van der Waals surface area contributed by atoms with Gasteiger partial charge in [-0.3, -0.25) is 9.80 Å². The number of ether oxygens (including phenoxy) is 2. The summed E-state index contributed by atoms with van der Waals surface area (Å²) in [5.74, 6) is 1.54. The van der Waals surface area contributed by atoms with Gasteiger partial charge < -0.3 is 14.4 Å². The Morgan fingerprint density at radius 3 is 2.65 bits per heavy atom. The Kier molecular flexibility index (Phi) is 7.07. The van der Waals surface area contributed by atoms with Crippen LogP contribution in [0, 0.1) is 5.92 Å². The Morgan fingerprint density at radius 2 is 1.87 bits per heavy atom. The van der Waals surface area contributed by atoms with E-state index in [2.05, 4.69) is 34.1 Å². The van der Waals surface area contributed by atoms with Crippen molar-refractivity contribution in [2.24, 2.45) is 5.92 Å². The number of piperazine rings is 1. The fourth-order valence-corrected chi connectivity index (χ4v) is 5.03. The molecule has 1 amide bonds. The molecular weight excluding hydrogens is 390 g/mol. The van der Waals surface area contributed by atoms with Crippen molar-refractivity contribution in [3.63, 3.8) is 0 Å². The second kappa shape index (κ2) is 9.78. The predicted molar refractivity (Wildman–Crippen MR) is 122 cm³/mol. The molecule has 3 saturated heterocycles. The van der Waals surface area contributed by atoms with E-state index >= 15 is 0 Å². The number of rotatable bonds is 5. The van der Waals surface area contributed by atoms with Crippen molar-refractivity contribution >= 4 is 6.09 Å². The molecule has 6 nitrogen and oxygen atoms in total. The van der Waals surface area contributed by atoms with Crippen LogP contribution in [-0.4, -0.2) is 78.3 Å². The summed E-state index contributed by atoms with van der Waals surface area (Å²) in [6.45, 7) is 13.5. The van der Waals surface area contributed by atoms with Crippen LogP contribution in [0.4, 0.5) is 4.79 Å². The summed E-state index contributed by atoms with van der Waals surface area (Å²) >= 11 is 0. The van der Waals surface area contributed by atoms with Crippen molar-refractivity contribution in [1.29, 1.82) is 0 Å². The molecule has 1 aromatic carbocycles. The molecule has 172 valence electrons. The number of piperidine rings is 1. The van der Waals surface area contributed by atoms with Crippen molar-refractivity contribution < 1.29 is 14.3 Å². The number of amides is 1. The summed E-state index contributed by atoms with van der Waals surface area (Å²) in [5.41, 5.74) is 0.913. The zero-order valence-corrected chi connectivity index (χ0v) is 19.5. The third kappa shape index (κ3) is 6.36. The smallest absolute Gasteiger partial charge is 0.410 e. The van der Waals surface area contributed by atoms with Crippen molar-refractivity contribution in [2.75, 3.05) is 45.9 Å². The lowest BCUT2D eigenvalue weighted by atomic mass is 9.91. The molecule has 2 atom stereocenters. The van der Waals surface area contributed by atoms with Crippen LogP contribution in [0.15, 0.2) is 24.3 Å². The van der Waals surface area contributed by atoms with Crippen molar-refractivity contribution in [3.05, 3.63) is 29.8 Å². The fraction of sp³-hybridized carbons (Fsp3) is 0.720. The summed E-state index contributed by atoms with van der Waals surface area (Å²) in [7, 11) is 0. The molecule has 0 N–H and O–H groups in total. The van der Waals surface area contributed by atoms with Crippen LogP contribution in [0.3, 0.4) is 0 Å². The van der Waals surface area contributed by atoms with Crippen molar-refractivity contribution in [2.45, 2.75) is 64.6 Å². The predicted octanol–water partition coefficient (Wildman–Crippen LogP) is 3.99. The first kappa shape index (κ1) is 22.4. The Morgan fingerprint density at radius 1 is 1.06 bits per heavy atom. The van der Waals surface area contributed by atoms with E-state index in [0.717, 1.165) is 57.9 Å². The number of carbonyl (C=O) groups is 1. The number of hydrogen-bond acceptors (Lipinski definition) is 5. The first-order chi connectivity index (χ1) is 14.9. The highest BCUT2D eigenvalue weighted by Crippen LogP contribution is 2.27. The van der Waals surface area contributed by atoms with E-state index in [9.17, 15) is 4.79 Å². The number of nitrogens with zero attached hydrogens (tertiary/aromatic N) is 3. The molecule has 3 heterocycles. The van der Waals surface area contributed by atoms with E-state index < -0.39 is 5.60 Å². The number of carbonyl (C=O) groups excluding carboxylic acids is 1. The average Bonchev–Trinajstić information content (AvgIpc) is 3.24. The molecule has 0 aliphatic carbocycles. The highest BCUT2D eigenvalue weighted by atomic mass is 16.6. The molecule has 3 fully saturated rings. The van der Waals surface area contributed by atoms with Gasteiger partial charge in [0.05, 0.1) is 6.61 Å². The van der Waals surface area contributed by atoms with Gasteiger partial charge in [-0.2, -0.15) is 0 Å². The van der Waals surface area contributed by atoms with Crippen LogP contribution in [0.25, 0.3) is 0 Å². The van der Waals surface area contributed by atoms with E-state index in [1.54, 1.807) is 0 Å². The Bertz CT molecular complexity index is 742. The normalized spacial score (nSPS) is 25.3. The maximum absolute atomic E-state index is 12.4. The van der Waals surface area contributed by atoms with E-state index in [0.29, 0.717) is 12.0 Å². The monoisotopic (exact) mass is 429 g/mol. The molecule has 0 saturated carbocycles. The maximum Gasteiger partial charge on any atom is 0.410 e. The topological polar surface area (TPSA) is 45.3 Å². The Hall–Kier alpha value is -1.79. The molecule has 31 heavy (non-hydrogen) atoms. The lowest BCUT2D eigenvalue weighted by Gasteiger charge is -2.46. The molecule has 3 aliphatic rings. The molecule has 6 heteroatoms. The van der Waals surface area contributed by atoms with Gasteiger partial charge >= 0.3 is 6.09 Å². The second-order valence-corrected chi connectivity index (χ2v) is 10.5. The van der Waals surface area contributed by atoms with Gasteiger partial charge in [0, 0.05) is 44.7 Å². The van der Waals surface area contributed by atoms with Crippen LogP contribution in [0.1, 0.15) is 52.0 Å². The minimum atomic E-state index is -0.436. The molecule has 3 aliphatic heterocycles. The first-order valence-corrected chi connectivity index (χ1v) is 12.0. The molecule has 2 unspecified atom stereocenters. The van der Waals surface area contributed by atoms with E-state index in [1.807, 2.05) is 25.7 Å². The van der Waals surface area contributed by atoms with Crippen LogP contribution in [0.5, 0.6) is 5.75 Å². The minimum absolute atomic E-state index is 0.175. The zero-order valence-electron chi connectivity index (χ0n) is 19.5. The van der Waals surface area contributed by atoms with Crippen LogP contribution >= 0.6 is 0 Å². The lowest BCUT2D eigenvalue weighted by Crippen LogP contribution is -2.58. The highest BCUT2D eigenvalue weighted by Gasteiger charge is 2.35. The van der Waals surface area contributed by atoms with E-state index in [-0.39, 0.29) is 6.09 Å². The molecular formula is C25H39N3O3. The SMILES string of the molecule is CC(C)(C)OC(=O)N1CCN2CC(COc3cccc(CN4CCCC4)c3)CCC2C1. The van der Waals surface area contributed by atoms with Gasteiger partial charge in [-0.05, 0) is 77.2 Å². The molecule has 0 aromatic heterocycles. The maximum atomic E-state index is 12.4. The van der Waals surface area contributed by atoms with Gasteiger partial charge in [0.25, 0.3) is 0 Å². The Balaban J connectivity index is 1.23. The summed E-state index contributed by atoms with van der Waals surface area (Å²) in [6.07, 6.45) is 4.74. The fourth-order valence-electron chi connectivity index (χ4n) is 5.03. The third-order valence-electron chi connectivity index (χ3n) is 6.65. The molecule has 0 radical (unpaired) electrons. The third-order valence-corrected chi connectivity index (χ3v) is 6.65. The van der Waals surface area contributed by atoms with Gasteiger partial charge in [-0.15, -0.1) is 0 Å². The second-order valence-electron chi connectivity index (χ2n) is 10.5. The Labute approximate surface area is 187 Å². The van der Waals surface area contributed by atoms with Crippen molar-refractivity contribution in [3.8, 4) is 5.75 Å². The number of hydrogen-bond donors (Lipinski definition) is 0. The number of likely N-dealkylation sites (tertiary alicyclic amines) is 1. The minimum Gasteiger partial charge on any atom is -0.493 e. The standard InChI is InChI=1S/C25H39N3O3/c1-25(2,3)31-24(29)28-14-13-27-17-21(9-10-22(27)18-28)19-30-23-8-6-7-20(15-23)16-26-11-4-5-12-26/h6-8,15,21-22H,4-5,9-14,16-19H2,1-3H3. The van der Waals surface area contributed by atoms with Gasteiger partial charge in [0.15, 0.2) is 0 Å². The van der Waals surface area contributed by atoms with Crippen molar-refractivity contribution in [1.82, 2.24) is 14.7 Å². The van der Waals surface area contributed by atoms with Crippen LogP contribution in [-0.2, 0) is 11.3 Å².